The molecule has 0 aliphatic heterocycles. The fraction of sp³-hybridized carbons (Fsp3) is 0.304. The highest BCUT2D eigenvalue weighted by molar-refractivity contribution is 5.96. The van der Waals surface area contributed by atoms with Gasteiger partial charge in [-0.25, -0.2) is 0 Å². The maximum Gasteiger partial charge on any atom is 0.232 e. The summed E-state index contributed by atoms with van der Waals surface area (Å²) in [6.45, 7) is 3.97. The normalized spacial score (nSPS) is 11.8. The number of hydrogen-bond acceptors (Lipinski definition) is 3. The molecule has 3 aromatic rings. The highest BCUT2D eigenvalue weighted by Crippen LogP contribution is 2.25. The maximum absolute atomic E-state index is 12.9. The number of nitrogens with zero attached hydrogens (tertiary/aromatic N) is 1. The van der Waals surface area contributed by atoms with Gasteiger partial charge in [-0.15, -0.1) is 0 Å². The van der Waals surface area contributed by atoms with Crippen molar-refractivity contribution < 1.29 is 9.53 Å². The van der Waals surface area contributed by atoms with Gasteiger partial charge in [0, 0.05) is 0 Å². The number of methoxy groups -OCH3 is 1. The molecule has 0 bridgehead atoms. The van der Waals surface area contributed by atoms with Crippen molar-refractivity contribution in [2.24, 2.45) is 0 Å². The molecule has 0 aliphatic rings. The Labute approximate surface area is 166 Å². The summed E-state index contributed by atoms with van der Waals surface area (Å²) >= 11 is 0. The van der Waals surface area contributed by atoms with Gasteiger partial charge in [0.05, 0.1) is 30.1 Å². The number of anilines is 1. The zero-order chi connectivity index (χ0) is 19.9. The fourth-order valence-corrected chi connectivity index (χ4v) is 3.35. The zero-order valence-corrected chi connectivity index (χ0v) is 16.7. The molecule has 5 heteroatoms. The minimum Gasteiger partial charge on any atom is -0.497 e. The van der Waals surface area contributed by atoms with Crippen molar-refractivity contribution >= 4 is 11.6 Å². The quantitative estimate of drug-likeness (QED) is 0.601. The number of rotatable bonds is 8. The van der Waals surface area contributed by atoms with Crippen LogP contribution in [0.25, 0.3) is 0 Å². The van der Waals surface area contributed by atoms with E-state index in [1.54, 1.807) is 7.11 Å². The first-order chi connectivity index (χ1) is 13.6. The summed E-state index contributed by atoms with van der Waals surface area (Å²) < 4.78 is 5.20. The van der Waals surface area contributed by atoms with Crippen molar-refractivity contribution in [3.05, 3.63) is 77.1 Å². The van der Waals surface area contributed by atoms with E-state index in [9.17, 15) is 4.79 Å². The van der Waals surface area contributed by atoms with Gasteiger partial charge in [0.15, 0.2) is 0 Å². The lowest BCUT2D eigenvalue weighted by Gasteiger charge is -2.16. The Kier molecular flexibility index (Phi) is 6.48. The molecule has 0 unspecified atom stereocenters. The number of aryl methyl sites for hydroxylation is 3. The number of benzene rings is 2. The summed E-state index contributed by atoms with van der Waals surface area (Å²) in [6, 6.07) is 17.9. The number of carbonyl (C=O) groups is 1. The van der Waals surface area contributed by atoms with Crippen LogP contribution in [0.5, 0.6) is 5.75 Å². The van der Waals surface area contributed by atoms with E-state index in [1.165, 1.54) is 5.56 Å². The van der Waals surface area contributed by atoms with Gasteiger partial charge >= 0.3 is 0 Å². The van der Waals surface area contributed by atoms with Crippen LogP contribution in [0.1, 0.15) is 41.8 Å². The van der Waals surface area contributed by atoms with E-state index in [0.717, 1.165) is 47.7 Å². The first-order valence-electron chi connectivity index (χ1n) is 9.65. The number of ether oxygens (including phenoxy) is 1. The van der Waals surface area contributed by atoms with E-state index in [4.69, 9.17) is 4.74 Å². The Balaban J connectivity index is 1.70. The van der Waals surface area contributed by atoms with Crippen molar-refractivity contribution in [2.45, 2.75) is 39.0 Å². The molecule has 1 atom stereocenters. The number of aromatic amines is 1. The maximum atomic E-state index is 12.9. The van der Waals surface area contributed by atoms with Crippen LogP contribution in [-0.2, 0) is 17.6 Å². The summed E-state index contributed by atoms with van der Waals surface area (Å²) in [5.74, 6) is 0.674. The van der Waals surface area contributed by atoms with Crippen molar-refractivity contribution in [3.8, 4) is 5.75 Å². The molecule has 2 N–H and O–H groups in total. The lowest BCUT2D eigenvalue weighted by molar-refractivity contribution is -0.117. The molecule has 1 heterocycles. The Morgan fingerprint density at radius 1 is 1.11 bits per heavy atom. The van der Waals surface area contributed by atoms with Crippen molar-refractivity contribution in [1.29, 1.82) is 0 Å². The Hall–Kier alpha value is -3.08. The van der Waals surface area contributed by atoms with Gasteiger partial charge in [0.1, 0.15) is 5.75 Å². The second kappa shape index (κ2) is 9.22. The van der Waals surface area contributed by atoms with Crippen LogP contribution in [0.3, 0.4) is 0 Å². The topological polar surface area (TPSA) is 67.0 Å². The van der Waals surface area contributed by atoms with Crippen LogP contribution in [0.15, 0.2) is 54.6 Å². The van der Waals surface area contributed by atoms with Gasteiger partial charge in [-0.2, -0.15) is 5.10 Å². The van der Waals surface area contributed by atoms with E-state index in [1.807, 2.05) is 56.3 Å². The van der Waals surface area contributed by atoms with E-state index in [-0.39, 0.29) is 11.8 Å². The SMILES string of the molecule is CC[C@H](C(=O)Nc1c(CCc2ccc(OC)cc2)n[nH]c1C)c1ccccc1. The molecule has 28 heavy (non-hydrogen) atoms. The number of hydrogen-bond donors (Lipinski definition) is 2. The van der Waals surface area contributed by atoms with Crippen LogP contribution < -0.4 is 10.1 Å². The number of carbonyl (C=O) groups excluding carboxylic acids is 1. The highest BCUT2D eigenvalue weighted by atomic mass is 16.5. The number of nitrogens with one attached hydrogen (secondary N) is 2. The summed E-state index contributed by atoms with van der Waals surface area (Å²) in [5.41, 5.74) is 4.79. The standard InChI is InChI=1S/C23H27N3O2/c1-4-20(18-8-6-5-7-9-18)23(27)24-22-16(2)25-26-21(22)15-12-17-10-13-19(28-3)14-11-17/h5-11,13-14,20H,4,12,15H2,1-3H3,(H,24,27)(H,25,26)/t20-/m0/s1. The molecule has 0 saturated heterocycles. The van der Waals surface area contributed by atoms with Gasteiger partial charge in [-0.3, -0.25) is 9.89 Å². The number of H-pyrrole nitrogens is 1. The predicted octanol–water partition coefficient (Wildman–Crippen LogP) is 4.64. The zero-order valence-electron chi connectivity index (χ0n) is 16.7. The van der Waals surface area contributed by atoms with Crippen LogP contribution in [-0.4, -0.2) is 23.2 Å². The van der Waals surface area contributed by atoms with Crippen LogP contribution in [0.4, 0.5) is 5.69 Å². The van der Waals surface area contributed by atoms with Gasteiger partial charge in [0.2, 0.25) is 5.91 Å². The van der Waals surface area contributed by atoms with E-state index in [2.05, 4.69) is 27.6 Å². The molecule has 146 valence electrons. The Bertz CT molecular complexity index is 901. The molecule has 0 spiro atoms. The summed E-state index contributed by atoms with van der Waals surface area (Å²) in [5, 5.41) is 10.5. The molecular weight excluding hydrogens is 350 g/mol. The average molecular weight is 377 g/mol. The molecule has 3 rings (SSSR count). The third kappa shape index (κ3) is 4.60. The van der Waals surface area contributed by atoms with E-state index >= 15 is 0 Å². The lowest BCUT2D eigenvalue weighted by atomic mass is 9.95. The second-order valence-electron chi connectivity index (χ2n) is 6.88. The molecule has 0 saturated carbocycles. The average Bonchev–Trinajstić information content (AvgIpc) is 3.07. The summed E-state index contributed by atoms with van der Waals surface area (Å²) in [6.07, 6.45) is 2.33. The van der Waals surface area contributed by atoms with Gasteiger partial charge in [-0.1, -0.05) is 49.4 Å². The van der Waals surface area contributed by atoms with Crippen LogP contribution in [0, 0.1) is 6.92 Å². The fourth-order valence-electron chi connectivity index (χ4n) is 3.35. The first kappa shape index (κ1) is 19.7. The van der Waals surface area contributed by atoms with Crippen molar-refractivity contribution in [3.63, 3.8) is 0 Å². The van der Waals surface area contributed by atoms with Gasteiger partial charge in [-0.05, 0) is 49.4 Å². The van der Waals surface area contributed by atoms with Crippen molar-refractivity contribution in [1.82, 2.24) is 10.2 Å². The highest BCUT2D eigenvalue weighted by Gasteiger charge is 2.21. The molecule has 0 fully saturated rings. The largest absolute Gasteiger partial charge is 0.497 e. The lowest BCUT2D eigenvalue weighted by Crippen LogP contribution is -2.21. The van der Waals surface area contributed by atoms with Crippen molar-refractivity contribution in [2.75, 3.05) is 12.4 Å². The minimum atomic E-state index is -0.176. The number of aromatic nitrogens is 2. The second-order valence-corrected chi connectivity index (χ2v) is 6.88. The third-order valence-electron chi connectivity index (χ3n) is 5.01. The molecule has 2 aromatic carbocycles. The van der Waals surface area contributed by atoms with Crippen LogP contribution >= 0.6 is 0 Å². The van der Waals surface area contributed by atoms with E-state index in [0.29, 0.717) is 0 Å². The molecule has 1 amide bonds. The molecular formula is C23H27N3O2. The van der Waals surface area contributed by atoms with Gasteiger partial charge < -0.3 is 10.1 Å². The summed E-state index contributed by atoms with van der Waals surface area (Å²) in [4.78, 5) is 12.9. The Morgan fingerprint density at radius 2 is 1.82 bits per heavy atom. The molecule has 0 aliphatic carbocycles. The van der Waals surface area contributed by atoms with Crippen LogP contribution in [0.2, 0.25) is 0 Å². The third-order valence-corrected chi connectivity index (χ3v) is 5.01. The predicted molar refractivity (Wildman–Crippen MR) is 112 cm³/mol. The number of amides is 1. The molecule has 0 radical (unpaired) electrons. The smallest absolute Gasteiger partial charge is 0.232 e. The van der Waals surface area contributed by atoms with E-state index < -0.39 is 0 Å². The monoisotopic (exact) mass is 377 g/mol. The van der Waals surface area contributed by atoms with Gasteiger partial charge in [0.25, 0.3) is 0 Å². The minimum absolute atomic E-state index is 0.00361. The first-order valence-corrected chi connectivity index (χ1v) is 9.65. The molecule has 5 nitrogen and oxygen atoms in total. The summed E-state index contributed by atoms with van der Waals surface area (Å²) in [7, 11) is 1.66. The molecule has 1 aromatic heterocycles. The Morgan fingerprint density at radius 3 is 2.46 bits per heavy atom.